The monoisotopic (exact) mass is 553 g/mol. The van der Waals surface area contributed by atoms with Gasteiger partial charge in [-0.25, -0.2) is 4.98 Å². The molecule has 2 aliphatic rings. The van der Waals surface area contributed by atoms with Crippen molar-refractivity contribution in [1.29, 1.82) is 0 Å². The van der Waals surface area contributed by atoms with Crippen molar-refractivity contribution in [3.05, 3.63) is 79.7 Å². The van der Waals surface area contributed by atoms with Crippen molar-refractivity contribution in [3.63, 3.8) is 0 Å². The largest absolute Gasteiger partial charge is 0.416 e. The number of nitrogens with zero attached hydrogens (tertiary/aromatic N) is 2. The Morgan fingerprint density at radius 3 is 2.55 bits per heavy atom. The van der Waals surface area contributed by atoms with Gasteiger partial charge in [0.15, 0.2) is 0 Å². The van der Waals surface area contributed by atoms with Crippen LogP contribution in [-0.2, 0) is 18.9 Å². The molecule has 0 aliphatic heterocycles. The van der Waals surface area contributed by atoms with Gasteiger partial charge < -0.3 is 10.2 Å². The van der Waals surface area contributed by atoms with Crippen LogP contribution >= 0.6 is 11.3 Å². The van der Waals surface area contributed by atoms with Gasteiger partial charge in [0.1, 0.15) is 10.5 Å². The van der Waals surface area contributed by atoms with Gasteiger partial charge in [0.05, 0.1) is 15.7 Å². The van der Waals surface area contributed by atoms with Crippen LogP contribution in [0.2, 0.25) is 0 Å². The van der Waals surface area contributed by atoms with Crippen molar-refractivity contribution in [2.75, 3.05) is 18.9 Å². The number of nitrogens with one attached hydrogen (secondary N) is 1. The first-order chi connectivity index (χ1) is 17.9. The van der Waals surface area contributed by atoms with Crippen LogP contribution < -0.4 is 14.5 Å². The highest BCUT2D eigenvalue weighted by Crippen LogP contribution is 2.37. The summed E-state index contributed by atoms with van der Waals surface area (Å²) in [5.74, 6) is 1.45. The Morgan fingerprint density at radius 2 is 1.87 bits per heavy atom. The number of halogens is 6. The van der Waals surface area contributed by atoms with Crippen LogP contribution in [0.15, 0.2) is 53.8 Å². The number of thiazole rings is 1. The van der Waals surface area contributed by atoms with E-state index >= 15 is 0 Å². The van der Waals surface area contributed by atoms with E-state index in [4.69, 9.17) is 0 Å². The number of hydrogen-bond donors (Lipinski definition) is 1. The van der Waals surface area contributed by atoms with Crippen LogP contribution in [0.1, 0.15) is 48.8 Å². The molecule has 1 heterocycles. The third kappa shape index (κ3) is 7.30. The number of anilines is 1. The van der Waals surface area contributed by atoms with Gasteiger partial charge in [-0.3, -0.25) is 0 Å². The molecule has 2 aromatic rings. The first kappa shape index (κ1) is 28.0. The minimum atomic E-state index is -4.90. The lowest BCUT2D eigenvalue weighted by Crippen LogP contribution is -2.18. The Bertz CT molecular complexity index is 1340. The normalized spacial score (nSPS) is 18.3. The molecule has 204 valence electrons. The van der Waals surface area contributed by atoms with Crippen molar-refractivity contribution >= 4 is 29.8 Å². The second-order valence-electron chi connectivity index (χ2n) is 9.73. The van der Waals surface area contributed by atoms with Gasteiger partial charge in [0, 0.05) is 26.3 Å². The molecule has 1 saturated carbocycles. The fourth-order valence-corrected chi connectivity index (χ4v) is 5.59. The van der Waals surface area contributed by atoms with Crippen LogP contribution in [0.5, 0.6) is 0 Å². The lowest BCUT2D eigenvalue weighted by atomic mass is 10.0. The number of rotatable bonds is 7. The van der Waals surface area contributed by atoms with E-state index in [-0.39, 0.29) is 18.2 Å². The summed E-state index contributed by atoms with van der Waals surface area (Å²) >= 11 is 1.48. The van der Waals surface area contributed by atoms with Crippen LogP contribution in [0.3, 0.4) is 0 Å². The summed E-state index contributed by atoms with van der Waals surface area (Å²) in [5.41, 5.74) is -1.05. The third-order valence-corrected chi connectivity index (χ3v) is 7.45. The highest BCUT2D eigenvalue weighted by molar-refractivity contribution is 7.07. The Labute approximate surface area is 221 Å². The van der Waals surface area contributed by atoms with Crippen LogP contribution in [0.4, 0.5) is 32.2 Å². The lowest BCUT2D eigenvalue weighted by Gasteiger charge is -2.21. The minimum Gasteiger partial charge on any atom is -0.376 e. The van der Waals surface area contributed by atoms with E-state index in [0.717, 1.165) is 34.1 Å². The van der Waals surface area contributed by atoms with E-state index in [2.05, 4.69) is 16.9 Å². The first-order valence-electron chi connectivity index (χ1n) is 12.4. The van der Waals surface area contributed by atoms with Crippen molar-refractivity contribution in [2.24, 2.45) is 5.92 Å². The molecule has 0 bridgehead atoms. The predicted octanol–water partition coefficient (Wildman–Crippen LogP) is 6.88. The average molecular weight is 554 g/mol. The molecule has 0 atom stereocenters. The Balaban J connectivity index is 1.52. The van der Waals surface area contributed by atoms with Gasteiger partial charge in [0.2, 0.25) is 0 Å². The summed E-state index contributed by atoms with van der Waals surface area (Å²) < 4.78 is 81.2. The summed E-state index contributed by atoms with van der Waals surface area (Å²) in [6.07, 6.45) is 5.40. The van der Waals surface area contributed by atoms with E-state index in [1.807, 2.05) is 24.3 Å². The van der Waals surface area contributed by atoms with E-state index in [9.17, 15) is 26.3 Å². The van der Waals surface area contributed by atoms with E-state index < -0.39 is 23.5 Å². The molecule has 2 aliphatic carbocycles. The summed E-state index contributed by atoms with van der Waals surface area (Å²) in [6.45, 7) is 4.64. The number of allylic oxidation sites excluding steroid dienone is 5. The molecule has 1 aromatic heterocycles. The summed E-state index contributed by atoms with van der Waals surface area (Å²) in [5, 5.41) is 3.46. The zero-order valence-corrected chi connectivity index (χ0v) is 21.7. The fraction of sp³-hybridized carbons (Fsp3) is 0.393. The van der Waals surface area contributed by atoms with E-state index in [1.165, 1.54) is 37.0 Å². The van der Waals surface area contributed by atoms with Gasteiger partial charge in [-0.05, 0) is 66.2 Å². The molecule has 0 amide bonds. The molecular weight excluding hydrogens is 524 g/mol. The molecule has 0 radical (unpaired) electrons. The van der Waals surface area contributed by atoms with Gasteiger partial charge in [-0.1, -0.05) is 37.6 Å². The van der Waals surface area contributed by atoms with Gasteiger partial charge >= 0.3 is 12.4 Å². The molecule has 0 saturated heterocycles. The predicted molar refractivity (Wildman–Crippen MR) is 140 cm³/mol. The van der Waals surface area contributed by atoms with E-state index in [1.54, 1.807) is 18.1 Å². The molecule has 3 nitrogen and oxygen atoms in total. The number of aromatic nitrogens is 1. The Kier molecular flexibility index (Phi) is 8.40. The Morgan fingerprint density at radius 1 is 1.13 bits per heavy atom. The lowest BCUT2D eigenvalue weighted by molar-refractivity contribution is -0.143. The molecule has 0 unspecified atom stereocenters. The molecule has 1 N–H and O–H groups in total. The highest BCUT2D eigenvalue weighted by atomic mass is 32.1. The van der Waals surface area contributed by atoms with Crippen molar-refractivity contribution < 1.29 is 26.3 Å². The second kappa shape index (κ2) is 11.4. The SMILES string of the molecule is C=c1nc(NCC2CCCC2)/c(=C/C2=CC(=C/N(C)Cc3ccc(C(F)(F)F)cc3C(F)(F)F)/CC=C2)s1. The maximum Gasteiger partial charge on any atom is 0.416 e. The van der Waals surface area contributed by atoms with Gasteiger partial charge in [0.25, 0.3) is 0 Å². The smallest absolute Gasteiger partial charge is 0.376 e. The molecule has 0 spiro atoms. The summed E-state index contributed by atoms with van der Waals surface area (Å²) in [4.78, 5) is 6.08. The average Bonchev–Trinajstić information content (AvgIpc) is 3.46. The molecule has 4 rings (SSSR count). The quantitative estimate of drug-likeness (QED) is 0.379. The second-order valence-corrected chi connectivity index (χ2v) is 10.8. The van der Waals surface area contributed by atoms with Crippen LogP contribution in [-0.4, -0.2) is 23.5 Å². The van der Waals surface area contributed by atoms with Crippen LogP contribution in [0.25, 0.3) is 12.7 Å². The van der Waals surface area contributed by atoms with Crippen molar-refractivity contribution in [1.82, 2.24) is 9.88 Å². The highest BCUT2D eigenvalue weighted by Gasteiger charge is 2.38. The zero-order valence-electron chi connectivity index (χ0n) is 20.9. The molecular formula is C28H29F6N3S. The van der Waals surface area contributed by atoms with Gasteiger partial charge in [-0.15, -0.1) is 11.3 Å². The van der Waals surface area contributed by atoms with Crippen LogP contribution in [0, 0.1) is 5.92 Å². The summed E-state index contributed by atoms with van der Waals surface area (Å²) in [7, 11) is 1.60. The third-order valence-electron chi connectivity index (χ3n) is 6.59. The summed E-state index contributed by atoms with van der Waals surface area (Å²) in [6, 6.07) is 1.76. The molecule has 10 heteroatoms. The Hall–Kier alpha value is -3.01. The molecule has 1 fully saturated rings. The minimum absolute atomic E-state index is 0.177. The van der Waals surface area contributed by atoms with Gasteiger partial charge in [-0.2, -0.15) is 26.3 Å². The van der Waals surface area contributed by atoms with Crippen molar-refractivity contribution in [2.45, 2.75) is 51.0 Å². The maximum absolute atomic E-state index is 13.5. The maximum atomic E-state index is 13.5. The fourth-order valence-electron chi connectivity index (χ4n) is 4.79. The van der Waals surface area contributed by atoms with Crippen molar-refractivity contribution in [3.8, 4) is 0 Å². The number of hydrogen-bond acceptors (Lipinski definition) is 4. The standard InChI is InChI=1S/C28H29F6N3S/c1-18-36-26(35-15-19-6-3-4-7-19)25(38-18)13-20-8-5-9-21(12-20)16-37(2)17-22-10-11-23(27(29,30)31)14-24(22)28(32,33)34/h5,8,10-14,16,19H,1,3-4,6-7,9,15,17H2,2H3,(H,35,36)/b21-16+,25-13-. The molecule has 38 heavy (non-hydrogen) atoms. The zero-order chi connectivity index (χ0) is 27.5. The number of benzene rings is 1. The first-order valence-corrected chi connectivity index (χ1v) is 13.2. The topological polar surface area (TPSA) is 28.2 Å². The van der Waals surface area contributed by atoms with E-state index in [0.29, 0.717) is 23.1 Å². The number of alkyl halides is 6. The molecule has 1 aromatic carbocycles.